The first kappa shape index (κ1) is 12.1. The van der Waals surface area contributed by atoms with Gasteiger partial charge in [-0.25, -0.2) is 13.8 Å². The lowest BCUT2D eigenvalue weighted by Gasteiger charge is -2.16. The fraction of sp³-hybridized carbons (Fsp3) is 0.357. The first-order valence-corrected chi connectivity index (χ1v) is 6.40. The van der Waals surface area contributed by atoms with E-state index >= 15 is 0 Å². The Balaban J connectivity index is 2.14. The molecule has 1 aliphatic rings. The minimum Gasteiger partial charge on any atom is -0.399 e. The number of aryl methyl sites for hydroxylation is 1. The molecule has 1 heterocycles. The number of nitrogens with zero attached hydrogens (tertiary/aromatic N) is 2. The molecule has 3 rings (SSSR count). The van der Waals surface area contributed by atoms with Crippen molar-refractivity contribution in [3.63, 3.8) is 0 Å². The van der Waals surface area contributed by atoms with Crippen molar-refractivity contribution < 1.29 is 8.78 Å². The fourth-order valence-corrected chi connectivity index (χ4v) is 2.64. The van der Waals surface area contributed by atoms with E-state index in [0.717, 1.165) is 37.1 Å². The van der Waals surface area contributed by atoms with Crippen molar-refractivity contribution >= 4 is 5.69 Å². The molecule has 1 aliphatic carbocycles. The Morgan fingerprint density at radius 1 is 1.21 bits per heavy atom. The molecule has 0 radical (unpaired) electrons. The number of anilines is 1. The van der Waals surface area contributed by atoms with E-state index in [9.17, 15) is 8.78 Å². The summed E-state index contributed by atoms with van der Waals surface area (Å²) in [5, 5.41) is 0. The van der Waals surface area contributed by atoms with Gasteiger partial charge in [-0.2, -0.15) is 0 Å². The first-order chi connectivity index (χ1) is 9.16. The Labute approximate surface area is 110 Å². The van der Waals surface area contributed by atoms with Gasteiger partial charge in [0.25, 0.3) is 6.43 Å². The van der Waals surface area contributed by atoms with E-state index < -0.39 is 6.43 Å². The largest absolute Gasteiger partial charge is 0.399 e. The zero-order chi connectivity index (χ0) is 13.4. The van der Waals surface area contributed by atoms with Gasteiger partial charge in [0, 0.05) is 16.9 Å². The fourth-order valence-electron chi connectivity index (χ4n) is 2.64. The maximum absolute atomic E-state index is 13.1. The minimum absolute atomic E-state index is 0.0363. The number of hydrogen-bond donors (Lipinski definition) is 1. The molecule has 0 atom stereocenters. The Morgan fingerprint density at radius 2 is 2.00 bits per heavy atom. The van der Waals surface area contributed by atoms with Crippen molar-refractivity contribution in [1.82, 2.24) is 9.55 Å². The van der Waals surface area contributed by atoms with Gasteiger partial charge >= 0.3 is 0 Å². The van der Waals surface area contributed by atoms with Crippen LogP contribution < -0.4 is 5.73 Å². The Bertz CT molecular complexity index is 605. The maximum Gasteiger partial charge on any atom is 0.265 e. The van der Waals surface area contributed by atoms with Crippen molar-refractivity contribution in [3.8, 4) is 5.69 Å². The normalized spacial score (nSPS) is 14.7. The van der Waals surface area contributed by atoms with E-state index in [1.165, 1.54) is 6.07 Å². The second-order valence-corrected chi connectivity index (χ2v) is 4.83. The molecule has 1 aromatic heterocycles. The number of benzene rings is 1. The van der Waals surface area contributed by atoms with Gasteiger partial charge in [-0.15, -0.1) is 0 Å². The van der Waals surface area contributed by atoms with E-state index in [0.29, 0.717) is 11.4 Å². The lowest BCUT2D eigenvalue weighted by Crippen LogP contribution is -2.09. The molecule has 0 bridgehead atoms. The monoisotopic (exact) mass is 263 g/mol. The van der Waals surface area contributed by atoms with Gasteiger partial charge in [0.15, 0.2) is 0 Å². The predicted octanol–water partition coefficient (Wildman–Crippen LogP) is 3.27. The van der Waals surface area contributed by atoms with Crippen molar-refractivity contribution in [2.24, 2.45) is 0 Å². The van der Waals surface area contributed by atoms with Crippen molar-refractivity contribution in [2.45, 2.75) is 32.1 Å². The van der Waals surface area contributed by atoms with Crippen LogP contribution in [0, 0.1) is 0 Å². The van der Waals surface area contributed by atoms with Crippen LogP contribution in [0.5, 0.6) is 0 Å². The number of nitrogens with two attached hydrogens (primary N) is 1. The Hall–Kier alpha value is -1.91. The van der Waals surface area contributed by atoms with Crippen molar-refractivity contribution in [1.29, 1.82) is 0 Å². The van der Waals surface area contributed by atoms with Crippen LogP contribution in [0.15, 0.2) is 24.5 Å². The highest BCUT2D eigenvalue weighted by Gasteiger charge is 2.20. The maximum atomic E-state index is 13.1. The third-order valence-electron chi connectivity index (χ3n) is 3.58. The number of rotatable bonds is 2. The molecule has 0 spiro atoms. The summed E-state index contributed by atoms with van der Waals surface area (Å²) in [5.41, 5.74) is 8.49. The van der Waals surface area contributed by atoms with Crippen molar-refractivity contribution in [2.75, 3.05) is 5.73 Å². The van der Waals surface area contributed by atoms with Crippen LogP contribution in [0.3, 0.4) is 0 Å². The molecule has 0 aliphatic heterocycles. The summed E-state index contributed by atoms with van der Waals surface area (Å²) in [6, 6.07) is 4.64. The SMILES string of the molecule is Nc1ccc(-n2cnc3c2CCCC3)c(C(F)F)c1. The molecule has 0 unspecified atom stereocenters. The zero-order valence-corrected chi connectivity index (χ0v) is 10.4. The van der Waals surface area contributed by atoms with Gasteiger partial charge in [0.05, 0.1) is 17.7 Å². The van der Waals surface area contributed by atoms with E-state index in [2.05, 4.69) is 4.98 Å². The summed E-state index contributed by atoms with van der Waals surface area (Å²) < 4.78 is 28.1. The lowest BCUT2D eigenvalue weighted by molar-refractivity contribution is 0.151. The van der Waals surface area contributed by atoms with Gasteiger partial charge in [-0.3, -0.25) is 0 Å². The zero-order valence-electron chi connectivity index (χ0n) is 10.4. The number of alkyl halides is 2. The molecule has 1 aromatic carbocycles. The van der Waals surface area contributed by atoms with Gasteiger partial charge in [-0.05, 0) is 43.9 Å². The van der Waals surface area contributed by atoms with Gasteiger partial charge in [0.1, 0.15) is 0 Å². The topological polar surface area (TPSA) is 43.8 Å². The van der Waals surface area contributed by atoms with E-state index in [4.69, 9.17) is 5.73 Å². The number of nitrogen functional groups attached to an aromatic ring is 1. The number of imidazole rings is 1. The summed E-state index contributed by atoms with van der Waals surface area (Å²) in [6.07, 6.45) is 3.13. The van der Waals surface area contributed by atoms with E-state index in [1.54, 1.807) is 23.0 Å². The van der Waals surface area contributed by atoms with Gasteiger partial charge in [0.2, 0.25) is 0 Å². The van der Waals surface area contributed by atoms with Crippen LogP contribution in [0.25, 0.3) is 5.69 Å². The average Bonchev–Trinajstić information content (AvgIpc) is 2.82. The average molecular weight is 263 g/mol. The molecule has 2 aromatic rings. The standard InChI is InChI=1S/C14H15F2N3/c15-14(16)10-7-9(17)5-6-12(10)19-8-18-11-3-1-2-4-13(11)19/h5-8,14H,1-4,17H2. The number of halogens is 2. The predicted molar refractivity (Wildman–Crippen MR) is 69.6 cm³/mol. The van der Waals surface area contributed by atoms with Crippen LogP contribution in [0.4, 0.5) is 14.5 Å². The molecule has 5 heteroatoms. The number of hydrogen-bond acceptors (Lipinski definition) is 2. The molecule has 3 nitrogen and oxygen atoms in total. The third kappa shape index (κ3) is 2.09. The van der Waals surface area contributed by atoms with Crippen LogP contribution >= 0.6 is 0 Å². The summed E-state index contributed by atoms with van der Waals surface area (Å²) in [4.78, 5) is 4.34. The van der Waals surface area contributed by atoms with Gasteiger partial charge < -0.3 is 10.3 Å². The second kappa shape index (κ2) is 4.64. The molecular formula is C14H15F2N3. The molecule has 0 saturated heterocycles. The van der Waals surface area contributed by atoms with Crippen LogP contribution in [0.2, 0.25) is 0 Å². The summed E-state index contributed by atoms with van der Waals surface area (Å²) in [5.74, 6) is 0. The molecule has 0 amide bonds. The smallest absolute Gasteiger partial charge is 0.265 e. The van der Waals surface area contributed by atoms with Crippen LogP contribution in [-0.4, -0.2) is 9.55 Å². The molecule has 0 fully saturated rings. The molecule has 100 valence electrons. The van der Waals surface area contributed by atoms with Crippen LogP contribution in [-0.2, 0) is 12.8 Å². The number of fused-ring (bicyclic) bond motifs is 1. The quantitative estimate of drug-likeness (QED) is 0.845. The summed E-state index contributed by atoms with van der Waals surface area (Å²) >= 11 is 0. The third-order valence-corrected chi connectivity index (χ3v) is 3.58. The summed E-state index contributed by atoms with van der Waals surface area (Å²) in [6.45, 7) is 0. The minimum atomic E-state index is -2.54. The Kier molecular flexibility index (Phi) is 2.97. The van der Waals surface area contributed by atoms with E-state index in [-0.39, 0.29) is 5.56 Å². The first-order valence-electron chi connectivity index (χ1n) is 6.40. The lowest BCUT2D eigenvalue weighted by atomic mass is 10.0. The Morgan fingerprint density at radius 3 is 2.79 bits per heavy atom. The van der Waals surface area contributed by atoms with Crippen LogP contribution in [0.1, 0.15) is 36.2 Å². The number of aromatic nitrogens is 2. The highest BCUT2D eigenvalue weighted by molar-refractivity contribution is 5.53. The van der Waals surface area contributed by atoms with Crippen molar-refractivity contribution in [3.05, 3.63) is 41.5 Å². The summed E-state index contributed by atoms with van der Waals surface area (Å²) in [7, 11) is 0. The molecular weight excluding hydrogens is 248 g/mol. The second-order valence-electron chi connectivity index (χ2n) is 4.83. The molecule has 0 saturated carbocycles. The highest BCUT2D eigenvalue weighted by Crippen LogP contribution is 2.31. The highest BCUT2D eigenvalue weighted by atomic mass is 19.3. The molecule has 2 N–H and O–H groups in total. The van der Waals surface area contributed by atoms with E-state index in [1.807, 2.05) is 0 Å². The molecule has 19 heavy (non-hydrogen) atoms. The van der Waals surface area contributed by atoms with Gasteiger partial charge in [-0.1, -0.05) is 0 Å².